The summed E-state index contributed by atoms with van der Waals surface area (Å²) in [6, 6.07) is -0.00870. The summed E-state index contributed by atoms with van der Waals surface area (Å²) in [5.74, 6) is 0.419. The van der Waals surface area contributed by atoms with Crippen LogP contribution in [0.2, 0.25) is 0 Å². The van der Waals surface area contributed by atoms with Gasteiger partial charge >= 0.3 is 0 Å². The third kappa shape index (κ3) is 7.27. The van der Waals surface area contributed by atoms with Crippen LogP contribution < -0.4 is 11.1 Å². The minimum absolute atomic E-state index is 0.00870. The van der Waals surface area contributed by atoms with Gasteiger partial charge in [-0.1, -0.05) is 33.1 Å². The first-order chi connectivity index (χ1) is 9.84. The first-order valence-corrected chi connectivity index (χ1v) is 9.86. The predicted molar refractivity (Wildman–Crippen MR) is 85.7 cm³/mol. The summed E-state index contributed by atoms with van der Waals surface area (Å²) < 4.78 is 23.6. The molecule has 1 aliphatic rings. The number of carbonyl (C=O) groups is 1. The maximum absolute atomic E-state index is 12.0. The maximum atomic E-state index is 12.0. The average Bonchev–Trinajstić information content (AvgIpc) is 2.42. The predicted octanol–water partition coefficient (Wildman–Crippen LogP) is 1.47. The van der Waals surface area contributed by atoms with E-state index in [1.54, 1.807) is 0 Å². The summed E-state index contributed by atoms with van der Waals surface area (Å²) in [4.78, 5) is 12.0. The van der Waals surface area contributed by atoms with Crippen molar-refractivity contribution in [1.82, 2.24) is 5.32 Å². The second-order valence-electron chi connectivity index (χ2n) is 6.57. The average molecular weight is 318 g/mol. The van der Waals surface area contributed by atoms with E-state index in [0.717, 1.165) is 12.8 Å². The first kappa shape index (κ1) is 18.4. The molecule has 1 aliphatic carbocycles. The van der Waals surface area contributed by atoms with E-state index < -0.39 is 9.84 Å². The smallest absolute Gasteiger partial charge is 0.221 e. The highest BCUT2D eigenvalue weighted by atomic mass is 32.2. The van der Waals surface area contributed by atoms with E-state index in [0.29, 0.717) is 12.5 Å². The van der Waals surface area contributed by atoms with Gasteiger partial charge < -0.3 is 11.1 Å². The molecule has 5 nitrogen and oxygen atoms in total. The second-order valence-corrected chi connectivity index (χ2v) is 8.79. The number of hydrogen-bond acceptors (Lipinski definition) is 4. The quantitative estimate of drug-likeness (QED) is 0.709. The van der Waals surface area contributed by atoms with Crippen LogP contribution in [-0.4, -0.2) is 38.4 Å². The highest BCUT2D eigenvalue weighted by molar-refractivity contribution is 7.91. The van der Waals surface area contributed by atoms with E-state index in [9.17, 15) is 13.2 Å². The Labute approximate surface area is 129 Å². The molecule has 0 bridgehead atoms. The lowest BCUT2D eigenvalue weighted by atomic mass is 9.84. The molecule has 0 radical (unpaired) electrons. The van der Waals surface area contributed by atoms with Gasteiger partial charge in [-0.25, -0.2) is 8.42 Å². The number of carbonyl (C=O) groups excluding carboxylic acids is 1. The molecule has 1 atom stereocenters. The SMILES string of the molecule is CC(C)CS(=O)(=O)CCC(=O)NC(CN)C1CCCCC1. The first-order valence-electron chi connectivity index (χ1n) is 8.04. The highest BCUT2D eigenvalue weighted by Crippen LogP contribution is 2.26. The Kier molecular flexibility index (Phi) is 7.66. The molecule has 0 aromatic rings. The molecule has 1 amide bonds. The fraction of sp³-hybridized carbons (Fsp3) is 0.933. The van der Waals surface area contributed by atoms with Crippen LogP contribution in [0.3, 0.4) is 0 Å². The van der Waals surface area contributed by atoms with Crippen LogP contribution in [0.4, 0.5) is 0 Å². The van der Waals surface area contributed by atoms with Gasteiger partial charge in [0, 0.05) is 19.0 Å². The van der Waals surface area contributed by atoms with Gasteiger partial charge in [-0.2, -0.15) is 0 Å². The largest absolute Gasteiger partial charge is 0.352 e. The van der Waals surface area contributed by atoms with Crippen LogP contribution in [0.25, 0.3) is 0 Å². The van der Waals surface area contributed by atoms with E-state index in [2.05, 4.69) is 5.32 Å². The zero-order valence-electron chi connectivity index (χ0n) is 13.3. The van der Waals surface area contributed by atoms with Gasteiger partial charge in [0.05, 0.1) is 11.5 Å². The topological polar surface area (TPSA) is 89.3 Å². The molecule has 21 heavy (non-hydrogen) atoms. The number of nitrogens with two attached hydrogens (primary N) is 1. The summed E-state index contributed by atoms with van der Waals surface area (Å²) >= 11 is 0. The summed E-state index contributed by atoms with van der Waals surface area (Å²) in [5.41, 5.74) is 5.77. The Morgan fingerprint density at radius 1 is 1.24 bits per heavy atom. The minimum atomic E-state index is -3.14. The molecule has 0 aliphatic heterocycles. The van der Waals surface area contributed by atoms with Gasteiger partial charge in [-0.15, -0.1) is 0 Å². The maximum Gasteiger partial charge on any atom is 0.221 e. The molecule has 124 valence electrons. The number of rotatable bonds is 8. The molecule has 0 spiro atoms. The van der Waals surface area contributed by atoms with Crippen molar-refractivity contribution in [3.8, 4) is 0 Å². The van der Waals surface area contributed by atoms with Crippen molar-refractivity contribution in [3.63, 3.8) is 0 Å². The summed E-state index contributed by atoms with van der Waals surface area (Å²) in [7, 11) is -3.14. The van der Waals surface area contributed by atoms with E-state index >= 15 is 0 Å². The highest BCUT2D eigenvalue weighted by Gasteiger charge is 2.24. The van der Waals surface area contributed by atoms with E-state index in [4.69, 9.17) is 5.73 Å². The number of nitrogens with one attached hydrogen (secondary N) is 1. The van der Waals surface area contributed by atoms with Crippen LogP contribution in [0, 0.1) is 11.8 Å². The third-order valence-corrected chi connectivity index (χ3v) is 6.05. The summed E-state index contributed by atoms with van der Waals surface area (Å²) in [6.07, 6.45) is 5.90. The lowest BCUT2D eigenvalue weighted by Gasteiger charge is -2.30. The number of hydrogen-bond donors (Lipinski definition) is 2. The Hall–Kier alpha value is -0.620. The molecule has 6 heteroatoms. The van der Waals surface area contributed by atoms with Crippen LogP contribution in [0.15, 0.2) is 0 Å². The van der Waals surface area contributed by atoms with Gasteiger partial charge in [-0.05, 0) is 24.7 Å². The molecule has 1 unspecified atom stereocenters. The Morgan fingerprint density at radius 3 is 2.38 bits per heavy atom. The molecular weight excluding hydrogens is 288 g/mol. The molecule has 0 heterocycles. The number of sulfone groups is 1. The van der Waals surface area contributed by atoms with Crippen molar-refractivity contribution in [2.75, 3.05) is 18.1 Å². The fourth-order valence-electron chi connectivity index (χ4n) is 3.02. The molecule has 1 saturated carbocycles. The normalized spacial score (nSPS) is 18.7. The fourth-order valence-corrected chi connectivity index (χ4v) is 4.70. The monoisotopic (exact) mass is 318 g/mol. The minimum Gasteiger partial charge on any atom is -0.352 e. The molecule has 0 saturated heterocycles. The standard InChI is InChI=1S/C15H30N2O3S/c1-12(2)11-21(19,20)9-8-15(18)17-14(10-16)13-6-4-3-5-7-13/h12-14H,3-11,16H2,1-2H3,(H,17,18). The summed E-state index contributed by atoms with van der Waals surface area (Å²) in [5, 5.41) is 2.93. The van der Waals surface area contributed by atoms with Gasteiger partial charge in [0.2, 0.25) is 5.91 Å². The van der Waals surface area contributed by atoms with Gasteiger partial charge in [0.25, 0.3) is 0 Å². The van der Waals surface area contributed by atoms with Gasteiger partial charge in [0.15, 0.2) is 9.84 Å². The molecule has 1 rings (SSSR count). The summed E-state index contributed by atoms with van der Waals surface area (Å²) in [6.45, 7) is 4.16. The lowest BCUT2D eigenvalue weighted by Crippen LogP contribution is -2.46. The van der Waals surface area contributed by atoms with Crippen LogP contribution in [0.5, 0.6) is 0 Å². The van der Waals surface area contributed by atoms with Crippen LogP contribution in [0.1, 0.15) is 52.4 Å². The second kappa shape index (κ2) is 8.73. The molecule has 0 aromatic carbocycles. The third-order valence-electron chi connectivity index (χ3n) is 4.05. The Bertz CT molecular complexity index is 415. The van der Waals surface area contributed by atoms with Crippen molar-refractivity contribution < 1.29 is 13.2 Å². The van der Waals surface area contributed by atoms with Crippen molar-refractivity contribution >= 4 is 15.7 Å². The van der Waals surface area contributed by atoms with Crippen LogP contribution >= 0.6 is 0 Å². The molecule has 0 aromatic heterocycles. The van der Waals surface area contributed by atoms with E-state index in [1.165, 1.54) is 19.3 Å². The van der Waals surface area contributed by atoms with E-state index in [1.807, 2.05) is 13.8 Å². The van der Waals surface area contributed by atoms with Crippen molar-refractivity contribution in [3.05, 3.63) is 0 Å². The Balaban J connectivity index is 2.40. The van der Waals surface area contributed by atoms with Crippen molar-refractivity contribution in [1.29, 1.82) is 0 Å². The molecule has 3 N–H and O–H groups in total. The van der Waals surface area contributed by atoms with Crippen LogP contribution in [-0.2, 0) is 14.6 Å². The molecular formula is C15H30N2O3S. The molecule has 1 fully saturated rings. The number of amides is 1. The van der Waals surface area contributed by atoms with Crippen molar-refractivity contribution in [2.24, 2.45) is 17.6 Å². The van der Waals surface area contributed by atoms with Gasteiger partial charge in [-0.3, -0.25) is 4.79 Å². The lowest BCUT2D eigenvalue weighted by molar-refractivity contribution is -0.121. The van der Waals surface area contributed by atoms with E-state index in [-0.39, 0.29) is 35.8 Å². The van der Waals surface area contributed by atoms with Gasteiger partial charge in [0.1, 0.15) is 0 Å². The Morgan fingerprint density at radius 2 is 1.86 bits per heavy atom. The zero-order chi connectivity index (χ0) is 15.9. The van der Waals surface area contributed by atoms with Crippen molar-refractivity contribution in [2.45, 2.75) is 58.4 Å². The zero-order valence-corrected chi connectivity index (χ0v) is 14.1.